The molecule has 32 heavy (non-hydrogen) atoms. The van der Waals surface area contributed by atoms with E-state index in [-0.39, 0.29) is 28.3 Å². The molecule has 2 heteroatoms. The van der Waals surface area contributed by atoms with E-state index in [9.17, 15) is 9.90 Å². The van der Waals surface area contributed by atoms with Gasteiger partial charge in [0.1, 0.15) is 0 Å². The third-order valence-electron chi connectivity index (χ3n) is 11.0. The van der Waals surface area contributed by atoms with Crippen LogP contribution in [0.2, 0.25) is 0 Å². The van der Waals surface area contributed by atoms with Gasteiger partial charge in [0.15, 0.2) is 5.76 Å². The van der Waals surface area contributed by atoms with Gasteiger partial charge in [-0.1, -0.05) is 64.3 Å². The number of aliphatic hydroxyl groups excluding tert-OH is 1. The molecule has 0 amide bonds. The fourth-order valence-electron chi connectivity index (χ4n) is 8.99. The van der Waals surface area contributed by atoms with E-state index in [1.165, 1.54) is 37.7 Å². The normalized spacial score (nSPS) is 41.4. The van der Waals surface area contributed by atoms with Gasteiger partial charge < -0.3 is 5.11 Å². The predicted molar refractivity (Wildman–Crippen MR) is 133 cm³/mol. The first-order chi connectivity index (χ1) is 14.8. The molecule has 0 aliphatic heterocycles. The molecule has 2 nitrogen and oxygen atoms in total. The number of Topliss-reactive ketones (excluding diaryl/α,β-unsaturated/α-hetero) is 1. The summed E-state index contributed by atoms with van der Waals surface area (Å²) in [6, 6.07) is 0. The lowest BCUT2D eigenvalue weighted by atomic mass is 9.44. The zero-order valence-electron chi connectivity index (χ0n) is 21.9. The number of hydrogen-bond acceptors (Lipinski definition) is 2. The maximum absolute atomic E-state index is 12.8. The molecule has 178 valence electrons. The van der Waals surface area contributed by atoms with Crippen molar-refractivity contribution in [2.24, 2.45) is 39.4 Å². The molecule has 0 aromatic rings. The van der Waals surface area contributed by atoms with E-state index < -0.39 is 5.41 Å². The smallest absolute Gasteiger partial charge is 0.202 e. The zero-order valence-corrected chi connectivity index (χ0v) is 21.9. The van der Waals surface area contributed by atoms with E-state index in [4.69, 9.17) is 0 Å². The molecule has 0 bridgehead atoms. The molecule has 0 saturated heterocycles. The van der Waals surface area contributed by atoms with E-state index in [1.54, 1.807) is 11.1 Å². The van der Waals surface area contributed by atoms with Crippen LogP contribution in [0, 0.1) is 39.4 Å². The molecule has 0 radical (unpaired) electrons. The van der Waals surface area contributed by atoms with Crippen molar-refractivity contribution in [3.05, 3.63) is 34.6 Å². The molecule has 1 fully saturated rings. The average Bonchev–Trinajstić information content (AvgIpc) is 2.97. The second kappa shape index (κ2) is 7.60. The Morgan fingerprint density at radius 1 is 1.09 bits per heavy atom. The Bertz CT molecular complexity index is 898. The highest BCUT2D eigenvalue weighted by Crippen LogP contribution is 2.71. The maximum Gasteiger partial charge on any atom is 0.202 e. The molecule has 4 rings (SSSR count). The highest BCUT2D eigenvalue weighted by atomic mass is 16.3. The number of carbonyl (C=O) groups excluding carboxylic acids is 1. The number of aliphatic hydroxyl groups is 1. The summed E-state index contributed by atoms with van der Waals surface area (Å²) in [5, 5.41) is 10.6. The predicted octanol–water partition coefficient (Wildman–Crippen LogP) is 8.35. The number of rotatable bonds is 4. The van der Waals surface area contributed by atoms with Gasteiger partial charge in [-0.05, 0) is 99.9 Å². The van der Waals surface area contributed by atoms with Gasteiger partial charge in [-0.3, -0.25) is 4.79 Å². The van der Waals surface area contributed by atoms with Crippen LogP contribution in [-0.2, 0) is 4.79 Å². The van der Waals surface area contributed by atoms with Crippen LogP contribution in [0.25, 0.3) is 0 Å². The number of hydrogen-bond donors (Lipinski definition) is 1. The standard InChI is InChI=1S/C30H46O2/c1-19(2)10-9-11-20(3)21-14-16-30(8)23-12-13-25-27(4,5)26(32)24(31)18-28(25,6)22(23)15-17-29(21,30)7/h10,18,20-21,25,31H,9,11-17H2,1-8H3/t20-,21-,25+,28-,29+,30+/m0/s1. The Hall–Kier alpha value is -1.31. The topological polar surface area (TPSA) is 37.3 Å². The monoisotopic (exact) mass is 438 g/mol. The molecule has 0 aromatic heterocycles. The summed E-state index contributed by atoms with van der Waals surface area (Å²) in [5.74, 6) is 1.75. The lowest BCUT2D eigenvalue weighted by molar-refractivity contribution is -0.133. The Kier molecular flexibility index (Phi) is 5.66. The number of fused-ring (bicyclic) bond motifs is 4. The maximum atomic E-state index is 12.8. The highest BCUT2D eigenvalue weighted by molar-refractivity contribution is 5.99. The minimum absolute atomic E-state index is 0.00168. The average molecular weight is 439 g/mol. The van der Waals surface area contributed by atoms with Crippen molar-refractivity contribution < 1.29 is 9.90 Å². The Morgan fingerprint density at radius 2 is 1.78 bits per heavy atom. The Balaban J connectivity index is 1.71. The van der Waals surface area contributed by atoms with Gasteiger partial charge in [0.2, 0.25) is 5.78 Å². The fraction of sp³-hybridized carbons (Fsp3) is 0.767. The zero-order chi connectivity index (χ0) is 23.7. The second-order valence-corrected chi connectivity index (χ2v) is 13.1. The summed E-state index contributed by atoms with van der Waals surface area (Å²) in [4.78, 5) is 12.8. The summed E-state index contributed by atoms with van der Waals surface area (Å²) < 4.78 is 0. The van der Waals surface area contributed by atoms with E-state index in [0.29, 0.717) is 5.41 Å². The second-order valence-electron chi connectivity index (χ2n) is 13.1. The van der Waals surface area contributed by atoms with E-state index >= 15 is 0 Å². The summed E-state index contributed by atoms with van der Waals surface area (Å²) in [6.07, 6.45) is 14.0. The third kappa shape index (κ3) is 3.14. The molecule has 0 unspecified atom stereocenters. The van der Waals surface area contributed by atoms with Crippen molar-refractivity contribution in [1.29, 1.82) is 0 Å². The first-order valence-electron chi connectivity index (χ1n) is 13.1. The van der Waals surface area contributed by atoms with Crippen molar-refractivity contribution in [3.63, 3.8) is 0 Å². The van der Waals surface area contributed by atoms with Gasteiger partial charge in [-0.15, -0.1) is 0 Å². The third-order valence-corrected chi connectivity index (χ3v) is 11.0. The van der Waals surface area contributed by atoms with Crippen LogP contribution in [0.4, 0.5) is 0 Å². The lowest BCUT2D eigenvalue weighted by Crippen LogP contribution is -2.53. The summed E-state index contributed by atoms with van der Waals surface area (Å²) in [7, 11) is 0. The van der Waals surface area contributed by atoms with E-state index in [1.807, 2.05) is 6.08 Å². The number of carbonyl (C=O) groups is 1. The molecule has 4 aliphatic rings. The van der Waals surface area contributed by atoms with E-state index in [0.717, 1.165) is 31.1 Å². The molecular formula is C30H46O2. The number of ketones is 1. The minimum atomic E-state index is -0.495. The van der Waals surface area contributed by atoms with Crippen molar-refractivity contribution >= 4 is 5.78 Å². The summed E-state index contributed by atoms with van der Waals surface area (Å²) >= 11 is 0. The molecular weight excluding hydrogens is 392 g/mol. The van der Waals surface area contributed by atoms with Crippen molar-refractivity contribution in [3.8, 4) is 0 Å². The molecule has 1 saturated carbocycles. The van der Waals surface area contributed by atoms with E-state index in [2.05, 4.69) is 61.5 Å². The molecule has 0 aromatic carbocycles. The van der Waals surface area contributed by atoms with Gasteiger partial charge in [-0.2, -0.15) is 0 Å². The first-order valence-corrected chi connectivity index (χ1v) is 13.1. The fourth-order valence-corrected chi connectivity index (χ4v) is 8.99. The molecule has 0 spiro atoms. The molecule has 0 heterocycles. The molecule has 4 aliphatic carbocycles. The van der Waals surface area contributed by atoms with Gasteiger partial charge in [0.25, 0.3) is 0 Å². The van der Waals surface area contributed by atoms with Crippen LogP contribution in [0.15, 0.2) is 34.6 Å². The van der Waals surface area contributed by atoms with Crippen molar-refractivity contribution in [2.75, 3.05) is 0 Å². The van der Waals surface area contributed by atoms with Crippen molar-refractivity contribution in [1.82, 2.24) is 0 Å². The van der Waals surface area contributed by atoms with Crippen LogP contribution in [0.1, 0.15) is 107 Å². The summed E-state index contributed by atoms with van der Waals surface area (Å²) in [6.45, 7) is 18.5. The van der Waals surface area contributed by atoms with Gasteiger partial charge in [0.05, 0.1) is 0 Å². The SMILES string of the molecule is CC(C)=CCC[C@H](C)[C@@H]1CC[C@]2(C)C3=C(CC[C@]12C)[C@]1(C)C=C(O)C(=O)C(C)(C)[C@H]1CC3. The summed E-state index contributed by atoms with van der Waals surface area (Å²) in [5.41, 5.74) is 4.61. The quantitative estimate of drug-likeness (QED) is 0.448. The van der Waals surface area contributed by atoms with Gasteiger partial charge in [0, 0.05) is 10.8 Å². The van der Waals surface area contributed by atoms with Crippen LogP contribution in [0.5, 0.6) is 0 Å². The highest BCUT2D eigenvalue weighted by Gasteiger charge is 2.63. The number of allylic oxidation sites excluding steroid dienone is 6. The molecule has 6 atom stereocenters. The van der Waals surface area contributed by atoms with Crippen LogP contribution in [-0.4, -0.2) is 10.9 Å². The van der Waals surface area contributed by atoms with Crippen LogP contribution < -0.4 is 0 Å². The van der Waals surface area contributed by atoms with Gasteiger partial charge >= 0.3 is 0 Å². The minimum Gasteiger partial charge on any atom is -0.505 e. The Morgan fingerprint density at radius 3 is 2.44 bits per heavy atom. The van der Waals surface area contributed by atoms with Crippen LogP contribution >= 0.6 is 0 Å². The largest absolute Gasteiger partial charge is 0.505 e. The lowest BCUT2D eigenvalue weighted by Gasteiger charge is -2.59. The van der Waals surface area contributed by atoms with Crippen LogP contribution in [0.3, 0.4) is 0 Å². The molecule has 1 N–H and O–H groups in total. The first kappa shape index (κ1) is 23.8. The van der Waals surface area contributed by atoms with Gasteiger partial charge in [-0.25, -0.2) is 0 Å². The Labute approximate surface area is 196 Å². The van der Waals surface area contributed by atoms with Crippen molar-refractivity contribution in [2.45, 2.75) is 107 Å².